The predicted molar refractivity (Wildman–Crippen MR) is 82.2 cm³/mol. The number of rotatable bonds is 4. The molecule has 2 rings (SSSR count). The van der Waals surface area contributed by atoms with Gasteiger partial charge in [-0.25, -0.2) is 8.42 Å². The van der Waals surface area contributed by atoms with Crippen molar-refractivity contribution in [1.82, 2.24) is 9.29 Å². The molecule has 0 aliphatic rings. The number of nitrogens with zero attached hydrogens (tertiary/aromatic N) is 1. The van der Waals surface area contributed by atoms with E-state index in [1.165, 1.54) is 7.05 Å². The maximum absolute atomic E-state index is 12.4. The average Bonchev–Trinajstić information content (AvgIpc) is 2.41. The summed E-state index contributed by atoms with van der Waals surface area (Å²) < 4.78 is 25.9. The Morgan fingerprint density at radius 3 is 2.57 bits per heavy atom. The van der Waals surface area contributed by atoms with E-state index in [0.29, 0.717) is 5.02 Å². The van der Waals surface area contributed by atoms with Crippen LogP contribution in [0.5, 0.6) is 0 Å². The van der Waals surface area contributed by atoms with Gasteiger partial charge in [-0.3, -0.25) is 4.79 Å². The summed E-state index contributed by atoms with van der Waals surface area (Å²) in [4.78, 5) is 13.4. The lowest BCUT2D eigenvalue weighted by atomic mass is 10.2. The Morgan fingerprint density at radius 1 is 1.24 bits per heavy atom. The fourth-order valence-electron chi connectivity index (χ4n) is 1.74. The lowest BCUT2D eigenvalue weighted by molar-refractivity contribution is 0.466. The summed E-state index contributed by atoms with van der Waals surface area (Å²) in [7, 11) is -2.31. The predicted octanol–water partition coefficient (Wildman–Crippen LogP) is 2.50. The minimum Gasteiger partial charge on any atom is -0.326 e. The summed E-state index contributed by atoms with van der Waals surface area (Å²) in [6.07, 6.45) is 1.12. The molecule has 1 aromatic heterocycles. The van der Waals surface area contributed by atoms with Crippen LogP contribution in [0.4, 0.5) is 0 Å². The van der Waals surface area contributed by atoms with Gasteiger partial charge in [-0.15, -0.1) is 0 Å². The van der Waals surface area contributed by atoms with E-state index in [0.717, 1.165) is 22.1 Å². The smallest absolute Gasteiger partial charge is 0.266 e. The Hall–Kier alpha value is -1.34. The Morgan fingerprint density at radius 2 is 1.95 bits per heavy atom. The number of nitrogens with one attached hydrogen (secondary N) is 1. The summed E-state index contributed by atoms with van der Waals surface area (Å²) in [5, 5.41) is 0.359. The van der Waals surface area contributed by atoms with Gasteiger partial charge in [-0.2, -0.15) is 4.31 Å². The van der Waals surface area contributed by atoms with Crippen molar-refractivity contribution in [3.05, 3.63) is 62.5 Å². The number of aromatic amines is 1. The van der Waals surface area contributed by atoms with Gasteiger partial charge in [-0.1, -0.05) is 35.3 Å². The van der Waals surface area contributed by atoms with Gasteiger partial charge < -0.3 is 4.98 Å². The van der Waals surface area contributed by atoms with E-state index in [9.17, 15) is 13.2 Å². The van der Waals surface area contributed by atoms with Crippen LogP contribution in [0.3, 0.4) is 0 Å². The summed E-state index contributed by atoms with van der Waals surface area (Å²) >= 11 is 11.5. The number of hydrogen-bond acceptors (Lipinski definition) is 3. The number of benzene rings is 1. The van der Waals surface area contributed by atoms with Crippen LogP contribution >= 0.6 is 23.2 Å². The van der Waals surface area contributed by atoms with Gasteiger partial charge in [0, 0.05) is 24.8 Å². The molecule has 0 aliphatic carbocycles. The highest BCUT2D eigenvalue weighted by molar-refractivity contribution is 7.89. The summed E-state index contributed by atoms with van der Waals surface area (Å²) in [5.74, 6) is 0. The summed E-state index contributed by atoms with van der Waals surface area (Å²) in [5.41, 5.74) is 0.220. The van der Waals surface area contributed by atoms with E-state index >= 15 is 0 Å². The third-order valence-electron chi connectivity index (χ3n) is 2.83. The first-order chi connectivity index (χ1) is 9.80. The van der Waals surface area contributed by atoms with E-state index in [-0.39, 0.29) is 16.5 Å². The van der Waals surface area contributed by atoms with E-state index in [4.69, 9.17) is 23.2 Å². The van der Waals surface area contributed by atoms with Crippen molar-refractivity contribution >= 4 is 33.2 Å². The monoisotopic (exact) mass is 346 g/mol. The molecule has 0 saturated carbocycles. The normalized spacial score (nSPS) is 11.8. The van der Waals surface area contributed by atoms with E-state index in [2.05, 4.69) is 4.98 Å². The van der Waals surface area contributed by atoms with Crippen molar-refractivity contribution in [2.45, 2.75) is 11.4 Å². The van der Waals surface area contributed by atoms with Crippen molar-refractivity contribution in [2.24, 2.45) is 0 Å². The number of sulfonamides is 1. The minimum atomic E-state index is -3.75. The van der Waals surface area contributed by atoms with Gasteiger partial charge in [-0.05, 0) is 23.8 Å². The first-order valence-electron chi connectivity index (χ1n) is 5.90. The quantitative estimate of drug-likeness (QED) is 0.924. The Kier molecular flexibility index (Phi) is 4.73. The topological polar surface area (TPSA) is 70.2 Å². The third kappa shape index (κ3) is 3.65. The highest BCUT2D eigenvalue weighted by Gasteiger charge is 2.22. The zero-order valence-corrected chi connectivity index (χ0v) is 13.3. The van der Waals surface area contributed by atoms with Crippen LogP contribution in [0.2, 0.25) is 10.0 Å². The third-order valence-corrected chi connectivity index (χ3v) is 5.13. The Balaban J connectivity index is 2.30. The molecule has 0 bridgehead atoms. The molecule has 0 amide bonds. The maximum Gasteiger partial charge on any atom is 0.266 e. The van der Waals surface area contributed by atoms with E-state index in [1.54, 1.807) is 24.3 Å². The van der Waals surface area contributed by atoms with Gasteiger partial charge in [0.25, 0.3) is 5.56 Å². The molecule has 1 N–H and O–H groups in total. The molecule has 5 nitrogen and oxygen atoms in total. The van der Waals surface area contributed by atoms with Crippen LogP contribution < -0.4 is 5.56 Å². The van der Waals surface area contributed by atoms with E-state index in [1.807, 2.05) is 0 Å². The van der Waals surface area contributed by atoms with Crippen LogP contribution in [0.1, 0.15) is 5.56 Å². The molecule has 8 heteroatoms. The highest BCUT2D eigenvalue weighted by Crippen LogP contribution is 2.19. The van der Waals surface area contributed by atoms with Gasteiger partial charge in [0.05, 0.1) is 4.90 Å². The molecule has 112 valence electrons. The molecule has 0 radical (unpaired) electrons. The minimum absolute atomic E-state index is 0.0726. The molecule has 0 aliphatic heterocycles. The molecule has 0 spiro atoms. The Labute approximate surface area is 132 Å². The molecule has 0 fully saturated rings. The van der Waals surface area contributed by atoms with Crippen LogP contribution in [0.15, 0.2) is 46.2 Å². The molecular formula is C13H12Cl2N2O3S. The Bertz CT molecular complexity index is 818. The van der Waals surface area contributed by atoms with Crippen LogP contribution in [0.25, 0.3) is 0 Å². The second kappa shape index (κ2) is 6.19. The molecule has 21 heavy (non-hydrogen) atoms. The summed E-state index contributed by atoms with van der Waals surface area (Å²) in [6.45, 7) is 0.152. The molecule has 0 unspecified atom stereocenters. The van der Waals surface area contributed by atoms with Gasteiger partial charge in [0.1, 0.15) is 5.02 Å². The number of H-pyrrole nitrogens is 1. The van der Waals surface area contributed by atoms with Gasteiger partial charge in [0.15, 0.2) is 0 Å². The average molecular weight is 347 g/mol. The van der Waals surface area contributed by atoms with E-state index < -0.39 is 15.6 Å². The lowest BCUT2D eigenvalue weighted by Crippen LogP contribution is -2.27. The lowest BCUT2D eigenvalue weighted by Gasteiger charge is -2.17. The van der Waals surface area contributed by atoms with Crippen LogP contribution in [-0.4, -0.2) is 24.8 Å². The SMILES string of the molecule is CN(Cc1cccc(Cl)c1)S(=O)(=O)c1c[nH]c(=O)c(Cl)c1. The number of hydrogen-bond donors (Lipinski definition) is 1. The van der Waals surface area contributed by atoms with Crippen molar-refractivity contribution in [1.29, 1.82) is 0 Å². The number of aromatic nitrogens is 1. The first-order valence-corrected chi connectivity index (χ1v) is 8.09. The molecular weight excluding hydrogens is 335 g/mol. The van der Waals surface area contributed by atoms with Crippen LogP contribution in [-0.2, 0) is 16.6 Å². The van der Waals surface area contributed by atoms with Crippen molar-refractivity contribution in [3.8, 4) is 0 Å². The first kappa shape index (κ1) is 16.0. The van der Waals surface area contributed by atoms with Crippen molar-refractivity contribution in [3.63, 3.8) is 0 Å². The standard InChI is InChI=1S/C13H12Cl2N2O3S/c1-17(8-9-3-2-4-10(14)5-9)21(19,20)11-6-12(15)13(18)16-7-11/h2-7H,8H2,1H3,(H,16,18). The zero-order chi connectivity index (χ0) is 15.6. The summed E-state index contributed by atoms with van der Waals surface area (Å²) in [6, 6.07) is 8.05. The molecule has 1 aromatic carbocycles. The second-order valence-electron chi connectivity index (χ2n) is 4.40. The van der Waals surface area contributed by atoms with Gasteiger partial charge in [0.2, 0.25) is 10.0 Å². The maximum atomic E-state index is 12.4. The molecule has 2 aromatic rings. The fourth-order valence-corrected chi connectivity index (χ4v) is 3.35. The fraction of sp³-hybridized carbons (Fsp3) is 0.154. The highest BCUT2D eigenvalue weighted by atomic mass is 35.5. The largest absolute Gasteiger partial charge is 0.326 e. The second-order valence-corrected chi connectivity index (χ2v) is 7.29. The zero-order valence-electron chi connectivity index (χ0n) is 11.0. The molecule has 0 saturated heterocycles. The van der Waals surface area contributed by atoms with Gasteiger partial charge >= 0.3 is 0 Å². The van der Waals surface area contributed by atoms with Crippen molar-refractivity contribution < 1.29 is 8.42 Å². The van der Waals surface area contributed by atoms with Crippen LogP contribution in [0, 0.1) is 0 Å². The number of pyridine rings is 1. The molecule has 1 heterocycles. The molecule has 0 atom stereocenters. The van der Waals surface area contributed by atoms with Crippen molar-refractivity contribution in [2.75, 3.05) is 7.05 Å². The number of halogens is 2.